The average Bonchev–Trinajstić information content (AvgIpc) is 3.24. The predicted octanol–water partition coefficient (Wildman–Crippen LogP) is 0.998. The number of hydrogen-bond acceptors (Lipinski definition) is 9. The zero-order valence-electron chi connectivity index (χ0n) is 21.8. The summed E-state index contributed by atoms with van der Waals surface area (Å²) in [6.07, 6.45) is 5.91. The molecule has 1 aromatic heterocycles. The van der Waals surface area contributed by atoms with Crippen molar-refractivity contribution in [2.75, 3.05) is 61.3 Å². The van der Waals surface area contributed by atoms with E-state index in [1.54, 1.807) is 18.5 Å². The van der Waals surface area contributed by atoms with E-state index in [4.69, 9.17) is 5.73 Å². The van der Waals surface area contributed by atoms with Gasteiger partial charge in [-0.1, -0.05) is 0 Å². The van der Waals surface area contributed by atoms with Crippen LogP contribution in [0.15, 0.2) is 24.5 Å². The van der Waals surface area contributed by atoms with E-state index in [0.717, 1.165) is 57.1 Å². The number of piperazine rings is 1. The normalized spacial score (nSPS) is 22.8. The van der Waals surface area contributed by atoms with Crippen molar-refractivity contribution in [2.24, 2.45) is 5.92 Å². The van der Waals surface area contributed by atoms with Gasteiger partial charge in [0, 0.05) is 64.3 Å². The van der Waals surface area contributed by atoms with Crippen molar-refractivity contribution in [3.63, 3.8) is 0 Å². The van der Waals surface area contributed by atoms with Gasteiger partial charge in [-0.15, -0.1) is 0 Å². The first-order valence-electron chi connectivity index (χ1n) is 13.6. The number of nitrogens with two attached hydrogens (primary N) is 1. The van der Waals surface area contributed by atoms with Crippen LogP contribution in [0.5, 0.6) is 0 Å². The Morgan fingerprint density at radius 2 is 1.67 bits per heavy atom. The monoisotopic (exact) mass is 536 g/mol. The third-order valence-corrected chi connectivity index (χ3v) is 8.38. The third kappa shape index (κ3) is 5.12. The van der Waals surface area contributed by atoms with Crippen LogP contribution in [-0.2, 0) is 16.1 Å². The van der Waals surface area contributed by atoms with Crippen LogP contribution in [0, 0.1) is 11.7 Å². The quantitative estimate of drug-likeness (QED) is 0.538. The van der Waals surface area contributed by atoms with Gasteiger partial charge in [0.1, 0.15) is 11.9 Å². The van der Waals surface area contributed by atoms with Crippen LogP contribution in [0.4, 0.5) is 21.7 Å². The number of halogens is 1. The summed E-state index contributed by atoms with van der Waals surface area (Å²) >= 11 is 0. The van der Waals surface area contributed by atoms with Crippen molar-refractivity contribution in [3.05, 3.63) is 41.5 Å². The smallest absolute Gasteiger partial charge is 0.255 e. The first-order chi connectivity index (χ1) is 18.9. The summed E-state index contributed by atoms with van der Waals surface area (Å²) in [6, 6.07) is 2.37. The summed E-state index contributed by atoms with van der Waals surface area (Å²) in [4.78, 5) is 53.6. The third-order valence-electron chi connectivity index (χ3n) is 8.38. The number of anilines is 3. The van der Waals surface area contributed by atoms with E-state index in [9.17, 15) is 14.4 Å². The van der Waals surface area contributed by atoms with Crippen LogP contribution in [0.2, 0.25) is 0 Å². The molecule has 3 saturated heterocycles. The van der Waals surface area contributed by atoms with E-state index in [2.05, 4.69) is 25.1 Å². The molecule has 1 atom stereocenters. The minimum Gasteiger partial charge on any atom is -0.396 e. The molecule has 39 heavy (non-hydrogen) atoms. The number of carbonyl (C=O) groups is 3. The number of nitrogens with one attached hydrogen (secondary N) is 1. The number of piperidine rings is 2. The van der Waals surface area contributed by atoms with Gasteiger partial charge in [-0.05, 0) is 42.9 Å². The molecule has 3 N–H and O–H groups in total. The Labute approximate surface area is 226 Å². The Morgan fingerprint density at radius 3 is 2.36 bits per heavy atom. The van der Waals surface area contributed by atoms with Gasteiger partial charge >= 0.3 is 0 Å². The van der Waals surface area contributed by atoms with E-state index in [1.165, 1.54) is 11.0 Å². The first-order valence-corrected chi connectivity index (χ1v) is 13.6. The summed E-state index contributed by atoms with van der Waals surface area (Å²) in [5, 5.41) is 2.30. The lowest BCUT2D eigenvalue weighted by Crippen LogP contribution is -2.52. The Morgan fingerprint density at radius 1 is 0.949 bits per heavy atom. The molecular formula is C27H33FN8O3. The Balaban J connectivity index is 1.03. The molecule has 206 valence electrons. The maximum atomic E-state index is 15.2. The number of nitrogens with zero attached hydrogens (tertiary/aromatic N) is 6. The van der Waals surface area contributed by atoms with E-state index in [1.807, 2.05) is 4.90 Å². The van der Waals surface area contributed by atoms with Gasteiger partial charge in [-0.3, -0.25) is 24.6 Å². The van der Waals surface area contributed by atoms with Gasteiger partial charge in [-0.25, -0.2) is 14.4 Å². The molecule has 3 fully saturated rings. The highest BCUT2D eigenvalue weighted by molar-refractivity contribution is 6.05. The molecule has 5 heterocycles. The second kappa shape index (κ2) is 10.4. The van der Waals surface area contributed by atoms with Crippen molar-refractivity contribution >= 4 is 35.0 Å². The molecule has 0 aliphatic carbocycles. The molecule has 12 heteroatoms. The van der Waals surface area contributed by atoms with Crippen molar-refractivity contribution in [1.82, 2.24) is 25.1 Å². The molecule has 0 unspecified atom stereocenters. The second-order valence-electron chi connectivity index (χ2n) is 10.9. The lowest BCUT2D eigenvalue weighted by molar-refractivity contribution is -0.136. The van der Waals surface area contributed by atoms with Gasteiger partial charge in [0.25, 0.3) is 5.91 Å². The van der Waals surface area contributed by atoms with Crippen LogP contribution >= 0.6 is 0 Å². The summed E-state index contributed by atoms with van der Waals surface area (Å²) in [7, 11) is 0. The summed E-state index contributed by atoms with van der Waals surface area (Å²) in [5.74, 6) is -0.238. The molecule has 0 spiro atoms. The summed E-state index contributed by atoms with van der Waals surface area (Å²) < 4.78 is 15.2. The average molecular weight is 537 g/mol. The van der Waals surface area contributed by atoms with E-state index in [0.29, 0.717) is 35.9 Å². The largest absolute Gasteiger partial charge is 0.396 e. The zero-order valence-corrected chi connectivity index (χ0v) is 21.8. The highest BCUT2D eigenvalue weighted by atomic mass is 19.1. The maximum Gasteiger partial charge on any atom is 0.255 e. The Hall–Kier alpha value is -3.80. The molecule has 1 aromatic carbocycles. The SMILES string of the molecule is Nc1cnc(N2CCC(CN3CCN(c4cc5c(cc4F)C(=O)N([C@H]4CCC(=O)NC4=O)C5)CC3)CC2)nc1. The molecule has 0 radical (unpaired) electrons. The molecular weight excluding hydrogens is 503 g/mol. The van der Waals surface area contributed by atoms with Gasteiger partial charge < -0.3 is 20.4 Å². The fraction of sp³-hybridized carbons (Fsp3) is 0.519. The van der Waals surface area contributed by atoms with E-state index < -0.39 is 17.8 Å². The van der Waals surface area contributed by atoms with Gasteiger partial charge in [0.15, 0.2) is 0 Å². The molecule has 0 saturated carbocycles. The van der Waals surface area contributed by atoms with Gasteiger partial charge in [0.05, 0.1) is 23.8 Å². The van der Waals surface area contributed by atoms with Crippen molar-refractivity contribution < 1.29 is 18.8 Å². The highest BCUT2D eigenvalue weighted by Crippen LogP contribution is 2.33. The summed E-state index contributed by atoms with van der Waals surface area (Å²) in [5.41, 5.74) is 7.79. The lowest BCUT2D eigenvalue weighted by atomic mass is 9.96. The molecule has 2 aromatic rings. The number of aromatic nitrogens is 2. The number of fused-ring (bicyclic) bond motifs is 1. The van der Waals surface area contributed by atoms with Crippen LogP contribution in [0.25, 0.3) is 0 Å². The minimum atomic E-state index is -0.705. The minimum absolute atomic E-state index is 0.191. The van der Waals surface area contributed by atoms with Crippen LogP contribution in [0.1, 0.15) is 41.6 Å². The maximum absolute atomic E-state index is 15.2. The van der Waals surface area contributed by atoms with Gasteiger partial charge in [0.2, 0.25) is 17.8 Å². The fourth-order valence-electron chi connectivity index (χ4n) is 6.17. The standard InChI is InChI=1S/C27H33FN8O3/c28-21-12-20-18(16-36(26(20)39)22-1-2-24(37)32-25(22)38)11-23(21)34-9-7-33(8-10-34)15-17-3-5-35(6-4-17)27-30-13-19(29)14-31-27/h11-14,17,22H,1-10,15-16,29H2,(H,32,37,38)/t22-/m0/s1. The van der Waals surface area contributed by atoms with Crippen LogP contribution < -0.4 is 20.9 Å². The van der Waals surface area contributed by atoms with E-state index >= 15 is 4.39 Å². The van der Waals surface area contributed by atoms with Crippen LogP contribution in [0.3, 0.4) is 0 Å². The number of nitrogen functional groups attached to an aromatic ring is 1. The van der Waals surface area contributed by atoms with Gasteiger partial charge in [-0.2, -0.15) is 0 Å². The second-order valence-corrected chi connectivity index (χ2v) is 10.9. The number of carbonyl (C=O) groups excluding carboxylic acids is 3. The van der Waals surface area contributed by atoms with E-state index in [-0.39, 0.29) is 31.2 Å². The van der Waals surface area contributed by atoms with Crippen molar-refractivity contribution in [3.8, 4) is 0 Å². The number of imide groups is 1. The Bertz CT molecular complexity index is 1270. The molecule has 0 bridgehead atoms. The number of amides is 3. The zero-order chi connectivity index (χ0) is 27.1. The first kappa shape index (κ1) is 25.5. The highest BCUT2D eigenvalue weighted by Gasteiger charge is 2.40. The summed E-state index contributed by atoms with van der Waals surface area (Å²) in [6.45, 7) is 6.21. The molecule has 11 nitrogen and oxygen atoms in total. The Kier molecular flexibility index (Phi) is 6.79. The molecule has 3 amide bonds. The van der Waals surface area contributed by atoms with Crippen LogP contribution in [-0.4, -0.2) is 89.3 Å². The van der Waals surface area contributed by atoms with Crippen molar-refractivity contribution in [2.45, 2.75) is 38.3 Å². The number of hydrogen-bond donors (Lipinski definition) is 2. The molecule has 6 rings (SSSR count). The molecule has 4 aliphatic rings. The lowest BCUT2D eigenvalue weighted by Gasteiger charge is -2.39. The number of rotatable bonds is 5. The predicted molar refractivity (Wildman–Crippen MR) is 142 cm³/mol. The fourth-order valence-corrected chi connectivity index (χ4v) is 6.17. The number of benzene rings is 1. The molecule has 4 aliphatic heterocycles. The topological polar surface area (TPSA) is 128 Å². The van der Waals surface area contributed by atoms with Crippen molar-refractivity contribution in [1.29, 1.82) is 0 Å².